The van der Waals surface area contributed by atoms with Crippen LogP contribution in [-0.4, -0.2) is 29.3 Å². The molecule has 0 aliphatic heterocycles. The van der Waals surface area contributed by atoms with Crippen LogP contribution in [0.5, 0.6) is 0 Å². The van der Waals surface area contributed by atoms with Crippen molar-refractivity contribution in [3.05, 3.63) is 22.9 Å². The van der Waals surface area contributed by atoms with E-state index in [9.17, 15) is 16.8 Å². The van der Waals surface area contributed by atoms with E-state index in [-0.39, 0.29) is 9.79 Å². The van der Waals surface area contributed by atoms with Gasteiger partial charge in [0.1, 0.15) is 0 Å². The van der Waals surface area contributed by atoms with Crippen molar-refractivity contribution in [1.29, 1.82) is 0 Å². The Balaban J connectivity index is 2.45. The number of hydrogen-bond donors (Lipinski definition) is 0. The third kappa shape index (κ3) is 2.82. The summed E-state index contributed by atoms with van der Waals surface area (Å²) in [6.07, 6.45) is 2.30. The largest absolute Gasteiger partial charge is 0.224 e. The Morgan fingerprint density at radius 3 is 1.33 bits per heavy atom. The maximum atomic E-state index is 11.4. The highest BCUT2D eigenvalue weighted by atomic mass is 32.2. The van der Waals surface area contributed by atoms with E-state index in [4.69, 9.17) is 0 Å². The highest BCUT2D eigenvalue weighted by Crippen LogP contribution is 2.34. The van der Waals surface area contributed by atoms with Gasteiger partial charge < -0.3 is 0 Å². The van der Waals surface area contributed by atoms with E-state index in [1.165, 1.54) is 22.7 Å². The molecule has 0 amide bonds. The first-order valence-electron chi connectivity index (χ1n) is 4.75. The Morgan fingerprint density at radius 1 is 0.778 bits per heavy atom. The second kappa shape index (κ2) is 4.44. The molecular weight excluding hydrogens is 312 g/mol. The van der Waals surface area contributed by atoms with E-state index in [2.05, 4.69) is 0 Å². The predicted molar refractivity (Wildman–Crippen MR) is 73.9 cm³/mol. The molecule has 0 saturated carbocycles. The predicted octanol–water partition coefficient (Wildman–Crippen LogP) is 2.28. The summed E-state index contributed by atoms with van der Waals surface area (Å²) in [6.45, 7) is 0. The highest BCUT2D eigenvalue weighted by molar-refractivity contribution is 7.91. The minimum absolute atomic E-state index is 0.261. The molecule has 0 atom stereocenters. The van der Waals surface area contributed by atoms with Crippen LogP contribution in [0.3, 0.4) is 0 Å². The lowest BCUT2D eigenvalue weighted by atomic mass is 10.4. The van der Waals surface area contributed by atoms with Crippen molar-refractivity contribution in [2.45, 2.75) is 9.79 Å². The molecule has 0 radical (unpaired) electrons. The highest BCUT2D eigenvalue weighted by Gasteiger charge is 2.15. The summed E-state index contributed by atoms with van der Waals surface area (Å²) in [5, 5.41) is 3.12. The monoisotopic (exact) mass is 322 g/mol. The molecule has 2 aromatic heterocycles. The van der Waals surface area contributed by atoms with E-state index in [0.717, 1.165) is 22.3 Å². The average Bonchev–Trinajstić information content (AvgIpc) is 2.84. The van der Waals surface area contributed by atoms with Crippen molar-refractivity contribution in [2.75, 3.05) is 12.5 Å². The molecule has 0 fully saturated rings. The maximum absolute atomic E-state index is 11.4. The third-order valence-electron chi connectivity index (χ3n) is 2.25. The molecule has 2 heterocycles. The molecule has 98 valence electrons. The molecule has 4 nitrogen and oxygen atoms in total. The van der Waals surface area contributed by atoms with Gasteiger partial charge in [-0.15, -0.1) is 22.7 Å². The van der Waals surface area contributed by atoms with Crippen LogP contribution >= 0.6 is 22.7 Å². The molecule has 18 heavy (non-hydrogen) atoms. The fourth-order valence-corrected chi connectivity index (χ4v) is 5.44. The minimum Gasteiger partial charge on any atom is -0.224 e. The van der Waals surface area contributed by atoms with Crippen molar-refractivity contribution in [2.24, 2.45) is 0 Å². The molecule has 0 spiro atoms. The molecule has 0 aromatic carbocycles. The number of sulfone groups is 2. The van der Waals surface area contributed by atoms with Gasteiger partial charge in [0.15, 0.2) is 19.7 Å². The van der Waals surface area contributed by atoms with Gasteiger partial charge in [-0.05, 0) is 12.1 Å². The van der Waals surface area contributed by atoms with Crippen LogP contribution in [0.2, 0.25) is 0 Å². The van der Waals surface area contributed by atoms with Crippen molar-refractivity contribution in [1.82, 2.24) is 0 Å². The standard InChI is InChI=1S/C10H10O4S4/c1-17(11,12)7-3-9(15-5-7)10-4-8(6-16-10)18(2,13)14/h3-6H,1-2H3. The lowest BCUT2D eigenvalue weighted by Crippen LogP contribution is -1.93. The van der Waals surface area contributed by atoms with Gasteiger partial charge in [0.05, 0.1) is 9.79 Å². The van der Waals surface area contributed by atoms with Crippen LogP contribution in [-0.2, 0) is 19.7 Å². The van der Waals surface area contributed by atoms with Crippen molar-refractivity contribution in [3.63, 3.8) is 0 Å². The molecule has 0 saturated heterocycles. The van der Waals surface area contributed by atoms with E-state index >= 15 is 0 Å². The van der Waals surface area contributed by atoms with Gasteiger partial charge in [0.2, 0.25) is 0 Å². The van der Waals surface area contributed by atoms with Gasteiger partial charge in [0.25, 0.3) is 0 Å². The van der Waals surface area contributed by atoms with Crippen LogP contribution in [0.25, 0.3) is 9.75 Å². The zero-order valence-corrected chi connectivity index (χ0v) is 12.8. The van der Waals surface area contributed by atoms with E-state index in [0.29, 0.717) is 0 Å². The molecule has 2 rings (SSSR count). The Morgan fingerprint density at radius 2 is 1.11 bits per heavy atom. The summed E-state index contributed by atoms with van der Waals surface area (Å²) >= 11 is 2.58. The first-order valence-corrected chi connectivity index (χ1v) is 10.3. The molecular formula is C10H10O4S4. The smallest absolute Gasteiger partial charge is 0.176 e. The molecule has 0 unspecified atom stereocenters. The summed E-state index contributed by atoms with van der Waals surface area (Å²) < 4.78 is 45.4. The first kappa shape index (κ1) is 13.7. The van der Waals surface area contributed by atoms with E-state index in [1.54, 1.807) is 22.9 Å². The average molecular weight is 322 g/mol. The Labute approximate surface area is 114 Å². The summed E-state index contributed by atoms with van der Waals surface area (Å²) in [5.41, 5.74) is 0. The van der Waals surface area contributed by atoms with Gasteiger partial charge >= 0.3 is 0 Å². The Bertz CT molecular complexity index is 709. The molecule has 0 bridgehead atoms. The molecule has 8 heteroatoms. The molecule has 0 aliphatic rings. The summed E-state index contributed by atoms with van der Waals surface area (Å²) in [7, 11) is -6.43. The second-order valence-electron chi connectivity index (χ2n) is 3.84. The SMILES string of the molecule is CS(=O)(=O)c1csc(-c2cc(S(C)(=O)=O)cs2)c1. The second-order valence-corrected chi connectivity index (χ2v) is 9.69. The molecule has 2 aromatic rings. The van der Waals surface area contributed by atoms with Crippen molar-refractivity contribution in [3.8, 4) is 9.75 Å². The Kier molecular flexibility index (Phi) is 3.39. The third-order valence-corrected chi connectivity index (χ3v) is 6.79. The molecule has 0 N–H and O–H groups in total. The lowest BCUT2D eigenvalue weighted by molar-refractivity contribution is 0.600. The van der Waals surface area contributed by atoms with Crippen molar-refractivity contribution >= 4 is 42.3 Å². The summed E-state index contributed by atoms with van der Waals surface area (Å²) in [5.74, 6) is 0. The van der Waals surface area contributed by atoms with Gasteiger partial charge in [-0.25, -0.2) is 16.8 Å². The van der Waals surface area contributed by atoms with Crippen molar-refractivity contribution < 1.29 is 16.8 Å². The van der Waals surface area contributed by atoms with Gasteiger partial charge in [-0.3, -0.25) is 0 Å². The molecule has 0 aliphatic carbocycles. The Hall–Kier alpha value is -0.700. The number of hydrogen-bond acceptors (Lipinski definition) is 6. The van der Waals surface area contributed by atoms with Crippen LogP contribution in [0, 0.1) is 0 Å². The quantitative estimate of drug-likeness (QED) is 0.869. The zero-order chi connectivity index (χ0) is 13.6. The van der Waals surface area contributed by atoms with Gasteiger partial charge in [-0.1, -0.05) is 0 Å². The van der Waals surface area contributed by atoms with Crippen LogP contribution in [0.15, 0.2) is 32.7 Å². The zero-order valence-electron chi connectivity index (χ0n) is 9.58. The van der Waals surface area contributed by atoms with E-state index in [1.807, 2.05) is 0 Å². The summed E-state index contributed by atoms with van der Waals surface area (Å²) in [4.78, 5) is 2.04. The first-order chi connectivity index (χ1) is 8.18. The minimum atomic E-state index is -3.21. The number of thiophene rings is 2. The normalized spacial score (nSPS) is 12.8. The number of rotatable bonds is 3. The summed E-state index contributed by atoms with van der Waals surface area (Å²) in [6, 6.07) is 3.13. The fraction of sp³-hybridized carbons (Fsp3) is 0.200. The van der Waals surface area contributed by atoms with E-state index < -0.39 is 19.7 Å². The fourth-order valence-electron chi connectivity index (χ4n) is 1.28. The van der Waals surface area contributed by atoms with Gasteiger partial charge in [-0.2, -0.15) is 0 Å². The maximum Gasteiger partial charge on any atom is 0.176 e. The topological polar surface area (TPSA) is 68.3 Å². The van der Waals surface area contributed by atoms with Crippen LogP contribution in [0.1, 0.15) is 0 Å². The lowest BCUT2D eigenvalue weighted by Gasteiger charge is -1.91. The van der Waals surface area contributed by atoms with Gasteiger partial charge in [0, 0.05) is 33.0 Å². The van der Waals surface area contributed by atoms with Crippen LogP contribution < -0.4 is 0 Å². The van der Waals surface area contributed by atoms with Crippen LogP contribution in [0.4, 0.5) is 0 Å².